The Morgan fingerprint density at radius 3 is 2.46 bits per heavy atom. The average molecular weight is 385 g/mol. The van der Waals surface area contributed by atoms with Gasteiger partial charge in [0.1, 0.15) is 0 Å². The predicted octanol–water partition coefficient (Wildman–Crippen LogP) is 4.68. The van der Waals surface area contributed by atoms with Crippen LogP contribution in [0.3, 0.4) is 0 Å². The first-order chi connectivity index (χ1) is 11.7. The van der Waals surface area contributed by atoms with Crippen LogP contribution in [0.2, 0.25) is 0 Å². The number of piperazine rings is 1. The van der Waals surface area contributed by atoms with E-state index in [0.29, 0.717) is 0 Å². The Morgan fingerprint density at radius 2 is 1.75 bits per heavy atom. The zero-order chi connectivity index (χ0) is 16.5. The molecule has 0 radical (unpaired) electrons. The van der Waals surface area contributed by atoms with Crippen molar-refractivity contribution in [2.75, 3.05) is 37.6 Å². The van der Waals surface area contributed by atoms with E-state index in [1.54, 1.807) is 0 Å². The normalized spacial score (nSPS) is 24.2. The minimum Gasteiger partial charge on any atom is -0.369 e. The summed E-state index contributed by atoms with van der Waals surface area (Å²) in [6.45, 7) is 8.10. The second kappa shape index (κ2) is 6.89. The zero-order valence-corrected chi connectivity index (χ0v) is 15.9. The standard InChI is InChI=1S/C21H25BrN2/c1-16-13-19(7-8-21(16)22)24-11-9-23(10-12-24)15-18-14-20(18)17-5-3-2-4-6-17/h2-8,13,18,20H,9-12,14-15H2,1H3/t18-,20-/m1/s1. The monoisotopic (exact) mass is 384 g/mol. The number of aryl methyl sites for hydroxylation is 1. The first-order valence-electron chi connectivity index (χ1n) is 8.99. The smallest absolute Gasteiger partial charge is 0.0370 e. The van der Waals surface area contributed by atoms with Gasteiger partial charge in [-0.1, -0.05) is 46.3 Å². The SMILES string of the molecule is Cc1cc(N2CCN(C[C@H]3C[C@@H]3c3ccccc3)CC2)ccc1Br. The van der Waals surface area contributed by atoms with Crippen LogP contribution < -0.4 is 4.90 Å². The maximum absolute atomic E-state index is 3.60. The summed E-state index contributed by atoms with van der Waals surface area (Å²) in [5.74, 6) is 1.67. The van der Waals surface area contributed by atoms with Gasteiger partial charge in [-0.15, -0.1) is 0 Å². The maximum Gasteiger partial charge on any atom is 0.0370 e. The average Bonchev–Trinajstić information content (AvgIpc) is 3.38. The van der Waals surface area contributed by atoms with E-state index in [2.05, 4.69) is 81.2 Å². The van der Waals surface area contributed by atoms with Gasteiger partial charge in [0.25, 0.3) is 0 Å². The van der Waals surface area contributed by atoms with E-state index in [1.807, 2.05) is 0 Å². The molecule has 1 heterocycles. The van der Waals surface area contributed by atoms with Crippen molar-refractivity contribution in [3.63, 3.8) is 0 Å². The van der Waals surface area contributed by atoms with Gasteiger partial charge in [-0.2, -0.15) is 0 Å². The molecule has 0 N–H and O–H groups in total. The van der Waals surface area contributed by atoms with Crippen molar-refractivity contribution in [3.8, 4) is 0 Å². The van der Waals surface area contributed by atoms with Crippen LogP contribution in [0.5, 0.6) is 0 Å². The molecule has 2 aromatic rings. The number of halogens is 1. The van der Waals surface area contributed by atoms with Gasteiger partial charge >= 0.3 is 0 Å². The summed E-state index contributed by atoms with van der Waals surface area (Å²) in [6.07, 6.45) is 1.37. The Morgan fingerprint density at radius 1 is 1.00 bits per heavy atom. The van der Waals surface area contributed by atoms with Gasteiger partial charge in [-0.25, -0.2) is 0 Å². The zero-order valence-electron chi connectivity index (χ0n) is 14.3. The summed E-state index contributed by atoms with van der Waals surface area (Å²) in [5.41, 5.74) is 4.22. The van der Waals surface area contributed by atoms with Crippen LogP contribution in [0.1, 0.15) is 23.5 Å². The molecule has 1 saturated carbocycles. The number of anilines is 1. The Balaban J connectivity index is 1.29. The van der Waals surface area contributed by atoms with Crippen LogP contribution in [0.4, 0.5) is 5.69 Å². The molecule has 2 atom stereocenters. The van der Waals surface area contributed by atoms with Crippen LogP contribution in [-0.4, -0.2) is 37.6 Å². The molecule has 0 amide bonds. The topological polar surface area (TPSA) is 6.48 Å². The third kappa shape index (κ3) is 3.52. The lowest BCUT2D eigenvalue weighted by molar-refractivity contribution is 0.246. The van der Waals surface area contributed by atoms with Gasteiger partial charge < -0.3 is 4.90 Å². The summed E-state index contributed by atoms with van der Waals surface area (Å²) >= 11 is 3.60. The van der Waals surface area contributed by atoms with Crippen LogP contribution >= 0.6 is 15.9 Å². The van der Waals surface area contributed by atoms with Gasteiger partial charge in [-0.05, 0) is 54.5 Å². The van der Waals surface area contributed by atoms with Crippen molar-refractivity contribution in [2.24, 2.45) is 5.92 Å². The largest absolute Gasteiger partial charge is 0.369 e. The Bertz CT molecular complexity index is 692. The quantitative estimate of drug-likeness (QED) is 0.754. The fourth-order valence-electron chi connectivity index (χ4n) is 3.90. The number of hydrogen-bond donors (Lipinski definition) is 0. The van der Waals surface area contributed by atoms with Crippen LogP contribution in [0.25, 0.3) is 0 Å². The first kappa shape index (κ1) is 16.2. The molecule has 2 aliphatic rings. The summed E-state index contributed by atoms with van der Waals surface area (Å²) < 4.78 is 1.20. The molecule has 0 aromatic heterocycles. The lowest BCUT2D eigenvalue weighted by Crippen LogP contribution is -2.47. The molecule has 2 fully saturated rings. The summed E-state index contributed by atoms with van der Waals surface area (Å²) in [4.78, 5) is 5.19. The molecule has 2 aromatic carbocycles. The second-order valence-electron chi connectivity index (χ2n) is 7.23. The highest BCUT2D eigenvalue weighted by molar-refractivity contribution is 9.10. The van der Waals surface area contributed by atoms with Crippen LogP contribution in [0.15, 0.2) is 53.0 Å². The number of rotatable bonds is 4. The van der Waals surface area contributed by atoms with Crippen LogP contribution in [-0.2, 0) is 0 Å². The Kier molecular flexibility index (Phi) is 4.64. The van der Waals surface area contributed by atoms with Crippen molar-refractivity contribution in [3.05, 3.63) is 64.1 Å². The first-order valence-corrected chi connectivity index (χ1v) is 9.78. The highest BCUT2D eigenvalue weighted by Crippen LogP contribution is 2.47. The molecule has 3 heteroatoms. The predicted molar refractivity (Wildman–Crippen MR) is 105 cm³/mol. The molecular formula is C21H25BrN2. The number of benzene rings is 2. The molecular weight excluding hydrogens is 360 g/mol. The number of hydrogen-bond acceptors (Lipinski definition) is 2. The minimum atomic E-state index is 0.804. The van der Waals surface area contributed by atoms with E-state index in [4.69, 9.17) is 0 Å². The van der Waals surface area contributed by atoms with Crippen LogP contribution in [0, 0.1) is 12.8 Å². The Hall–Kier alpha value is -1.32. The third-order valence-electron chi connectivity index (χ3n) is 5.52. The van der Waals surface area contributed by atoms with Gasteiger partial charge in [0.2, 0.25) is 0 Å². The van der Waals surface area contributed by atoms with E-state index in [1.165, 1.54) is 47.3 Å². The lowest BCUT2D eigenvalue weighted by atomic mass is 10.1. The summed E-state index contributed by atoms with van der Waals surface area (Å²) in [6, 6.07) is 17.7. The van der Waals surface area contributed by atoms with E-state index in [-0.39, 0.29) is 0 Å². The summed E-state index contributed by atoms with van der Waals surface area (Å²) in [7, 11) is 0. The van der Waals surface area contributed by atoms with Crippen molar-refractivity contribution in [1.82, 2.24) is 4.90 Å². The highest BCUT2D eigenvalue weighted by Gasteiger charge is 2.39. The lowest BCUT2D eigenvalue weighted by Gasteiger charge is -2.36. The van der Waals surface area contributed by atoms with Gasteiger partial charge in [-0.3, -0.25) is 4.90 Å². The maximum atomic E-state index is 3.60. The van der Waals surface area contributed by atoms with E-state index in [0.717, 1.165) is 24.9 Å². The van der Waals surface area contributed by atoms with E-state index < -0.39 is 0 Å². The second-order valence-corrected chi connectivity index (χ2v) is 8.09. The van der Waals surface area contributed by atoms with Gasteiger partial charge in [0.15, 0.2) is 0 Å². The molecule has 0 spiro atoms. The molecule has 2 nitrogen and oxygen atoms in total. The molecule has 1 aliphatic heterocycles. The Labute approximate surface area is 153 Å². The third-order valence-corrected chi connectivity index (χ3v) is 6.41. The molecule has 1 aliphatic carbocycles. The molecule has 0 bridgehead atoms. The van der Waals surface area contributed by atoms with Gasteiger partial charge in [0, 0.05) is 42.9 Å². The van der Waals surface area contributed by atoms with E-state index in [9.17, 15) is 0 Å². The molecule has 126 valence electrons. The van der Waals surface area contributed by atoms with Crippen molar-refractivity contribution >= 4 is 21.6 Å². The molecule has 1 saturated heterocycles. The molecule has 4 rings (SSSR count). The van der Waals surface area contributed by atoms with Crippen molar-refractivity contribution in [1.29, 1.82) is 0 Å². The highest BCUT2D eigenvalue weighted by atomic mass is 79.9. The minimum absolute atomic E-state index is 0.804. The fraction of sp³-hybridized carbons (Fsp3) is 0.429. The van der Waals surface area contributed by atoms with E-state index >= 15 is 0 Å². The van der Waals surface area contributed by atoms with Crippen molar-refractivity contribution < 1.29 is 0 Å². The summed E-state index contributed by atoms with van der Waals surface area (Å²) in [5, 5.41) is 0. The molecule has 0 unspecified atom stereocenters. The number of nitrogens with zero attached hydrogens (tertiary/aromatic N) is 2. The van der Waals surface area contributed by atoms with Gasteiger partial charge in [0.05, 0.1) is 0 Å². The van der Waals surface area contributed by atoms with Crippen molar-refractivity contribution in [2.45, 2.75) is 19.3 Å². The molecule has 24 heavy (non-hydrogen) atoms. The fourth-order valence-corrected chi connectivity index (χ4v) is 4.15.